The molecule has 0 spiro atoms. The van der Waals surface area contributed by atoms with Gasteiger partial charge in [-0.1, -0.05) is 41.5 Å². The molecular formula is C22H42BO5PY. The van der Waals surface area contributed by atoms with Gasteiger partial charge in [0, 0.05) is 44.6 Å². The van der Waals surface area contributed by atoms with E-state index < -0.39 is 8.25 Å². The van der Waals surface area contributed by atoms with Gasteiger partial charge in [-0.25, -0.2) is 0 Å². The molecule has 0 aromatic carbocycles. The summed E-state index contributed by atoms with van der Waals surface area (Å²) in [7, 11) is 3.54. The van der Waals surface area contributed by atoms with Crippen LogP contribution in [-0.4, -0.2) is 45.4 Å². The third kappa shape index (κ3) is 8.54. The Morgan fingerprint density at radius 3 is 2.13 bits per heavy atom. The molecule has 0 N–H and O–H groups in total. The van der Waals surface area contributed by atoms with Crippen LogP contribution in [0.5, 0.6) is 0 Å². The van der Waals surface area contributed by atoms with Gasteiger partial charge in [-0.15, -0.1) is 0 Å². The van der Waals surface area contributed by atoms with Crippen LogP contribution in [0, 0.1) is 35.5 Å². The minimum absolute atomic E-state index is 0. The molecule has 2 saturated heterocycles. The first kappa shape index (κ1) is 29.3. The summed E-state index contributed by atoms with van der Waals surface area (Å²) in [5, 5.41) is 0. The maximum atomic E-state index is 12.3. The number of rotatable bonds is 11. The van der Waals surface area contributed by atoms with E-state index in [1.165, 1.54) is 0 Å². The summed E-state index contributed by atoms with van der Waals surface area (Å²) < 4.78 is 35.5. The predicted octanol–water partition coefficient (Wildman–Crippen LogP) is 5.07. The minimum Gasteiger partial charge on any atom is -0.384 e. The van der Waals surface area contributed by atoms with Crippen molar-refractivity contribution in [3.8, 4) is 0 Å². The standard InChI is InChI=1S/C22H42BO5P.Y/c1-13(2)10-18-15(5)17(7)27-20(18)8-9-25-29(24)26-12-19-16(6)22(23)28-21(19)11-14(3)4;/h13-22,29H,8-12H2,1-7H3;/t15?,16?,17-,18+,19+,20+,21+,22+;/m0./s1. The van der Waals surface area contributed by atoms with Gasteiger partial charge in [0.2, 0.25) is 0 Å². The van der Waals surface area contributed by atoms with Crippen LogP contribution in [-0.2, 0) is 55.8 Å². The summed E-state index contributed by atoms with van der Waals surface area (Å²) in [6.07, 6.45) is 3.34. The van der Waals surface area contributed by atoms with E-state index in [0.29, 0.717) is 36.9 Å². The second-order valence-corrected chi connectivity index (χ2v) is 11.1. The zero-order chi connectivity index (χ0) is 21.7. The Balaban J connectivity index is 0.00000450. The smallest absolute Gasteiger partial charge is 0.319 e. The molecule has 2 aliphatic rings. The zero-order valence-corrected chi connectivity index (χ0v) is 23.8. The second kappa shape index (κ2) is 13.8. The van der Waals surface area contributed by atoms with E-state index in [1.807, 2.05) is 0 Å². The molecule has 30 heavy (non-hydrogen) atoms. The predicted molar refractivity (Wildman–Crippen MR) is 118 cm³/mol. The summed E-state index contributed by atoms with van der Waals surface area (Å²) in [4.78, 5) is 0. The van der Waals surface area contributed by atoms with E-state index in [-0.39, 0.29) is 68.9 Å². The molecule has 2 rings (SSSR count). The molecular weight excluding hydrogens is 475 g/mol. The number of hydrogen-bond donors (Lipinski definition) is 0. The van der Waals surface area contributed by atoms with Gasteiger partial charge < -0.3 is 18.5 Å². The molecule has 5 nitrogen and oxygen atoms in total. The van der Waals surface area contributed by atoms with Crippen LogP contribution in [0.1, 0.15) is 67.7 Å². The summed E-state index contributed by atoms with van der Waals surface area (Å²) >= 11 is 0. The van der Waals surface area contributed by atoms with Crippen LogP contribution in [0.3, 0.4) is 0 Å². The van der Waals surface area contributed by atoms with Crippen LogP contribution >= 0.6 is 8.25 Å². The van der Waals surface area contributed by atoms with Crippen LogP contribution in [0.2, 0.25) is 0 Å². The normalized spacial score (nSPS) is 37.6. The van der Waals surface area contributed by atoms with Crippen LogP contribution in [0.15, 0.2) is 0 Å². The molecule has 0 aliphatic carbocycles. The van der Waals surface area contributed by atoms with E-state index in [0.717, 1.165) is 19.3 Å². The maximum Gasteiger partial charge on any atom is 0.319 e. The molecule has 2 fully saturated rings. The average Bonchev–Trinajstić information content (AvgIpc) is 3.03. The SMILES string of the molecule is [B][C@@H]1O[C@H](CC(C)C)[C@H](CO[PH](=O)OCC[C@H]2O[C@@H](C)C(C)[C@H]2CC(C)C)C1C.[Y]. The average molecular weight is 517 g/mol. The fourth-order valence-electron chi connectivity index (χ4n) is 4.81. The molecule has 9 atom stereocenters. The Kier molecular flexibility index (Phi) is 13.5. The van der Waals surface area contributed by atoms with Crippen molar-refractivity contribution in [1.82, 2.24) is 0 Å². The van der Waals surface area contributed by atoms with Crippen molar-refractivity contribution in [1.29, 1.82) is 0 Å². The summed E-state index contributed by atoms with van der Waals surface area (Å²) in [6.45, 7) is 16.1. The minimum atomic E-state index is -2.53. The Morgan fingerprint density at radius 2 is 1.53 bits per heavy atom. The molecule has 0 saturated carbocycles. The topological polar surface area (TPSA) is 54.0 Å². The van der Waals surface area contributed by atoms with Gasteiger partial charge in [0.05, 0.1) is 31.5 Å². The molecule has 8 heteroatoms. The molecule has 0 aromatic rings. The van der Waals surface area contributed by atoms with E-state index >= 15 is 0 Å². The summed E-state index contributed by atoms with van der Waals surface area (Å²) in [5.74, 6) is 2.57. The molecule has 0 bridgehead atoms. The number of ether oxygens (including phenoxy) is 2. The molecule has 0 aromatic heterocycles. The van der Waals surface area contributed by atoms with Crippen molar-refractivity contribution in [2.75, 3.05) is 13.2 Å². The molecule has 2 aliphatic heterocycles. The zero-order valence-electron chi connectivity index (χ0n) is 20.0. The number of hydrogen-bond acceptors (Lipinski definition) is 5. The molecule has 3 unspecified atom stereocenters. The van der Waals surface area contributed by atoms with Gasteiger partial charge in [0.1, 0.15) is 7.85 Å². The fourth-order valence-corrected chi connectivity index (χ4v) is 5.50. The Bertz CT molecular complexity index is 522. The first-order valence-corrected chi connectivity index (χ1v) is 12.7. The first-order chi connectivity index (χ1) is 13.6. The van der Waals surface area contributed by atoms with Crippen molar-refractivity contribution in [3.63, 3.8) is 0 Å². The third-order valence-corrected chi connectivity index (χ3v) is 7.59. The van der Waals surface area contributed by atoms with Gasteiger partial charge in [-0.05, 0) is 55.8 Å². The maximum absolute atomic E-state index is 12.3. The van der Waals surface area contributed by atoms with Crippen molar-refractivity contribution < 1.29 is 55.8 Å². The van der Waals surface area contributed by atoms with E-state index in [1.54, 1.807) is 0 Å². The molecule has 171 valence electrons. The van der Waals surface area contributed by atoms with Gasteiger partial charge in [-0.3, -0.25) is 4.57 Å². The van der Waals surface area contributed by atoms with Crippen LogP contribution in [0.4, 0.5) is 0 Å². The summed E-state index contributed by atoms with van der Waals surface area (Å²) in [6, 6.07) is -0.281. The van der Waals surface area contributed by atoms with E-state index in [9.17, 15) is 4.57 Å². The molecule has 3 radical (unpaired) electrons. The monoisotopic (exact) mass is 517 g/mol. The van der Waals surface area contributed by atoms with Gasteiger partial charge in [0.15, 0.2) is 0 Å². The second-order valence-electron chi connectivity index (χ2n) is 10.0. The van der Waals surface area contributed by atoms with Crippen molar-refractivity contribution >= 4 is 16.1 Å². The third-order valence-electron chi connectivity index (χ3n) is 6.75. The Labute approximate surface area is 211 Å². The molecule has 2 heterocycles. The Hall–Kier alpha value is 1.24. The van der Waals surface area contributed by atoms with Crippen LogP contribution < -0.4 is 0 Å². The fraction of sp³-hybridized carbons (Fsp3) is 1.00. The van der Waals surface area contributed by atoms with Gasteiger partial charge in [-0.2, -0.15) is 0 Å². The van der Waals surface area contributed by atoms with E-state index in [2.05, 4.69) is 48.5 Å². The van der Waals surface area contributed by atoms with Crippen molar-refractivity contribution in [2.45, 2.75) is 92.0 Å². The quantitative estimate of drug-likeness (QED) is 0.283. The van der Waals surface area contributed by atoms with Gasteiger partial charge in [0.25, 0.3) is 0 Å². The van der Waals surface area contributed by atoms with Crippen molar-refractivity contribution in [3.05, 3.63) is 0 Å². The first-order valence-electron chi connectivity index (χ1n) is 11.5. The van der Waals surface area contributed by atoms with Gasteiger partial charge >= 0.3 is 8.25 Å². The van der Waals surface area contributed by atoms with E-state index in [4.69, 9.17) is 26.4 Å². The molecule has 0 amide bonds. The summed E-state index contributed by atoms with van der Waals surface area (Å²) in [5.41, 5.74) is 0. The van der Waals surface area contributed by atoms with Crippen LogP contribution in [0.25, 0.3) is 0 Å². The van der Waals surface area contributed by atoms with Crippen molar-refractivity contribution in [2.24, 2.45) is 35.5 Å². The Morgan fingerprint density at radius 1 is 0.900 bits per heavy atom. The largest absolute Gasteiger partial charge is 0.384 e.